The zero-order valence-electron chi connectivity index (χ0n) is 14.3. The van der Waals surface area contributed by atoms with E-state index in [9.17, 15) is 14.7 Å². The van der Waals surface area contributed by atoms with Gasteiger partial charge >= 0.3 is 0 Å². The van der Waals surface area contributed by atoms with Crippen molar-refractivity contribution >= 4 is 28.4 Å². The maximum atomic E-state index is 12.9. The Hall–Kier alpha value is -3.12. The van der Waals surface area contributed by atoms with Crippen LogP contribution in [0.25, 0.3) is 10.9 Å². The summed E-state index contributed by atoms with van der Waals surface area (Å²) in [6, 6.07) is 16.8. The average Bonchev–Trinajstić information content (AvgIpc) is 2.97. The highest BCUT2D eigenvalue weighted by molar-refractivity contribution is 5.95. The molecule has 0 atom stereocenters. The molecule has 2 amide bonds. The molecule has 0 bridgehead atoms. The van der Waals surface area contributed by atoms with E-state index in [2.05, 4.69) is 0 Å². The zero-order valence-corrected chi connectivity index (χ0v) is 14.3. The first-order valence-corrected chi connectivity index (χ1v) is 8.41. The minimum absolute atomic E-state index is 0.105. The second-order valence-electron chi connectivity index (χ2n) is 6.05. The van der Waals surface area contributed by atoms with E-state index in [4.69, 9.17) is 5.73 Å². The molecule has 0 radical (unpaired) electrons. The van der Waals surface area contributed by atoms with E-state index in [-0.39, 0.29) is 32.0 Å². The van der Waals surface area contributed by atoms with Crippen molar-refractivity contribution in [1.29, 1.82) is 0 Å². The third-order valence-electron chi connectivity index (χ3n) is 4.23. The van der Waals surface area contributed by atoms with Crippen LogP contribution in [0.5, 0.6) is 0 Å². The number of nitrogens with zero attached hydrogens (tertiary/aromatic N) is 2. The predicted molar refractivity (Wildman–Crippen MR) is 101 cm³/mol. The first kappa shape index (κ1) is 17.7. The minimum atomic E-state index is -0.412. The number of fused-ring (bicyclic) bond motifs is 1. The Kier molecular flexibility index (Phi) is 5.34. The van der Waals surface area contributed by atoms with Gasteiger partial charge in [-0.25, -0.2) is 0 Å². The van der Waals surface area contributed by atoms with Crippen LogP contribution in [0.15, 0.2) is 60.8 Å². The number of anilines is 1. The number of amides is 2. The Morgan fingerprint density at radius 2 is 1.73 bits per heavy atom. The fourth-order valence-corrected chi connectivity index (χ4v) is 3.12. The Bertz CT molecular complexity index is 918. The molecule has 0 aliphatic carbocycles. The Morgan fingerprint density at radius 1 is 1.04 bits per heavy atom. The van der Waals surface area contributed by atoms with E-state index in [0.717, 1.165) is 22.2 Å². The molecule has 0 aliphatic rings. The van der Waals surface area contributed by atoms with Crippen molar-refractivity contribution in [3.05, 3.63) is 66.4 Å². The van der Waals surface area contributed by atoms with E-state index >= 15 is 0 Å². The van der Waals surface area contributed by atoms with Crippen molar-refractivity contribution in [2.75, 3.05) is 18.1 Å². The molecule has 6 nitrogen and oxygen atoms in total. The number of aliphatic hydroxyl groups is 1. The van der Waals surface area contributed by atoms with E-state index in [1.807, 2.05) is 59.2 Å². The maximum Gasteiger partial charge on any atom is 0.246 e. The molecule has 3 rings (SSSR count). The molecular formula is C20H21N3O3. The monoisotopic (exact) mass is 351 g/mol. The lowest BCUT2D eigenvalue weighted by atomic mass is 10.1. The lowest BCUT2D eigenvalue weighted by molar-refractivity contribution is -0.119. The number of nitrogens with two attached hydrogens (primary N) is 1. The van der Waals surface area contributed by atoms with Gasteiger partial charge in [0.25, 0.3) is 0 Å². The highest BCUT2D eigenvalue weighted by Gasteiger charge is 2.18. The zero-order chi connectivity index (χ0) is 18.5. The SMILES string of the molecule is NC(=O)Cc1cn(CC(=O)N(CCO)c2ccccc2)c2ccccc12. The fourth-order valence-electron chi connectivity index (χ4n) is 3.12. The van der Waals surface area contributed by atoms with Crippen molar-refractivity contribution < 1.29 is 14.7 Å². The Balaban J connectivity index is 1.92. The third-order valence-corrected chi connectivity index (χ3v) is 4.23. The van der Waals surface area contributed by atoms with Gasteiger partial charge in [0.05, 0.1) is 13.0 Å². The maximum absolute atomic E-state index is 12.9. The van der Waals surface area contributed by atoms with Crippen LogP contribution < -0.4 is 10.6 Å². The molecule has 26 heavy (non-hydrogen) atoms. The number of para-hydroxylation sites is 2. The van der Waals surface area contributed by atoms with Crippen LogP contribution in [0.3, 0.4) is 0 Å². The second-order valence-corrected chi connectivity index (χ2v) is 6.05. The number of carbonyl (C=O) groups is 2. The molecule has 134 valence electrons. The normalized spacial score (nSPS) is 10.8. The molecule has 0 fully saturated rings. The smallest absolute Gasteiger partial charge is 0.246 e. The van der Waals surface area contributed by atoms with Gasteiger partial charge < -0.3 is 20.3 Å². The average molecular weight is 351 g/mol. The van der Waals surface area contributed by atoms with E-state index < -0.39 is 5.91 Å². The molecule has 0 aliphatic heterocycles. The van der Waals surface area contributed by atoms with Crippen LogP contribution in [0.4, 0.5) is 5.69 Å². The van der Waals surface area contributed by atoms with Gasteiger partial charge in [0.1, 0.15) is 6.54 Å². The van der Waals surface area contributed by atoms with Crippen molar-refractivity contribution in [3.63, 3.8) is 0 Å². The van der Waals surface area contributed by atoms with Crippen LogP contribution in [-0.4, -0.2) is 34.6 Å². The van der Waals surface area contributed by atoms with Crippen molar-refractivity contribution in [3.8, 4) is 0 Å². The molecule has 1 heterocycles. The van der Waals surface area contributed by atoms with Crippen LogP contribution >= 0.6 is 0 Å². The van der Waals surface area contributed by atoms with E-state index in [1.54, 1.807) is 11.1 Å². The lowest BCUT2D eigenvalue weighted by Crippen LogP contribution is -2.36. The first-order valence-electron chi connectivity index (χ1n) is 8.41. The number of benzene rings is 2. The van der Waals surface area contributed by atoms with Gasteiger partial charge in [0, 0.05) is 29.3 Å². The number of rotatable bonds is 7. The molecule has 0 saturated carbocycles. The summed E-state index contributed by atoms with van der Waals surface area (Å²) in [5, 5.41) is 10.2. The van der Waals surface area contributed by atoms with E-state index in [1.165, 1.54) is 0 Å². The van der Waals surface area contributed by atoms with Crippen molar-refractivity contribution in [2.24, 2.45) is 5.73 Å². The summed E-state index contributed by atoms with van der Waals surface area (Å²) >= 11 is 0. The Morgan fingerprint density at radius 3 is 2.42 bits per heavy atom. The molecule has 6 heteroatoms. The summed E-state index contributed by atoms with van der Waals surface area (Å²) in [5.74, 6) is -0.554. The third kappa shape index (κ3) is 3.75. The minimum Gasteiger partial charge on any atom is -0.395 e. The highest BCUT2D eigenvalue weighted by Crippen LogP contribution is 2.22. The topological polar surface area (TPSA) is 88.6 Å². The van der Waals surface area contributed by atoms with Gasteiger partial charge in [0.2, 0.25) is 11.8 Å². The van der Waals surface area contributed by atoms with Gasteiger partial charge in [-0.05, 0) is 23.8 Å². The molecule has 0 saturated heterocycles. The largest absolute Gasteiger partial charge is 0.395 e. The summed E-state index contributed by atoms with van der Waals surface area (Å²) in [6.45, 7) is 0.199. The number of aliphatic hydroxyl groups excluding tert-OH is 1. The highest BCUT2D eigenvalue weighted by atomic mass is 16.3. The molecule has 0 spiro atoms. The standard InChI is InChI=1S/C20H21N3O3/c21-19(25)12-15-13-22(18-9-5-4-8-17(15)18)14-20(26)23(10-11-24)16-6-2-1-3-7-16/h1-9,13,24H,10-12,14H2,(H2,21,25). The van der Waals surface area contributed by atoms with Crippen LogP contribution in [0.2, 0.25) is 0 Å². The summed E-state index contributed by atoms with van der Waals surface area (Å²) in [7, 11) is 0. The van der Waals surface area contributed by atoms with Gasteiger partial charge in [-0.1, -0.05) is 36.4 Å². The Labute approximate surface area is 151 Å². The molecule has 3 N–H and O–H groups in total. The van der Waals surface area contributed by atoms with Crippen LogP contribution in [0.1, 0.15) is 5.56 Å². The van der Waals surface area contributed by atoms with E-state index in [0.29, 0.717) is 0 Å². The second kappa shape index (κ2) is 7.84. The molecule has 2 aromatic carbocycles. The van der Waals surface area contributed by atoms with Gasteiger partial charge in [0.15, 0.2) is 0 Å². The number of aromatic nitrogens is 1. The number of hydrogen-bond acceptors (Lipinski definition) is 3. The van der Waals surface area contributed by atoms with Crippen molar-refractivity contribution in [1.82, 2.24) is 4.57 Å². The summed E-state index contributed by atoms with van der Waals surface area (Å²) in [4.78, 5) is 25.8. The summed E-state index contributed by atoms with van der Waals surface area (Å²) in [6.07, 6.45) is 1.93. The van der Waals surface area contributed by atoms with Gasteiger partial charge in [-0.3, -0.25) is 9.59 Å². The lowest BCUT2D eigenvalue weighted by Gasteiger charge is -2.22. The predicted octanol–water partition coefficient (Wildman–Crippen LogP) is 1.69. The summed E-state index contributed by atoms with van der Waals surface area (Å²) in [5.41, 5.74) is 7.74. The summed E-state index contributed by atoms with van der Waals surface area (Å²) < 4.78 is 1.82. The van der Waals surface area contributed by atoms with Crippen molar-refractivity contribution in [2.45, 2.75) is 13.0 Å². The quantitative estimate of drug-likeness (QED) is 0.679. The molecule has 3 aromatic rings. The number of hydrogen-bond donors (Lipinski definition) is 2. The number of primary amides is 1. The molecule has 0 unspecified atom stereocenters. The fraction of sp³-hybridized carbons (Fsp3) is 0.200. The molecule has 1 aromatic heterocycles. The first-order chi connectivity index (χ1) is 12.6. The number of carbonyl (C=O) groups excluding carboxylic acids is 2. The van der Waals surface area contributed by atoms with Gasteiger partial charge in [-0.2, -0.15) is 0 Å². The van der Waals surface area contributed by atoms with Gasteiger partial charge in [-0.15, -0.1) is 0 Å². The van der Waals surface area contributed by atoms with Crippen LogP contribution in [-0.2, 0) is 22.6 Å². The molecular weight excluding hydrogens is 330 g/mol. The van der Waals surface area contributed by atoms with Crippen LogP contribution in [0, 0.1) is 0 Å².